The lowest BCUT2D eigenvalue weighted by molar-refractivity contribution is -0.107. The Morgan fingerprint density at radius 1 is 1.33 bits per heavy atom. The van der Waals surface area contributed by atoms with E-state index in [9.17, 15) is 4.79 Å². The van der Waals surface area contributed by atoms with E-state index in [-0.39, 0.29) is 0 Å². The number of aromatic amines is 1. The number of benzene rings is 1. The normalized spacial score (nSPS) is 10.9. The van der Waals surface area contributed by atoms with Crippen LogP contribution in [0.4, 0.5) is 0 Å². The van der Waals surface area contributed by atoms with Crippen LogP contribution >= 0.6 is 11.3 Å². The highest BCUT2D eigenvalue weighted by molar-refractivity contribution is 7.13. The van der Waals surface area contributed by atoms with Crippen molar-refractivity contribution in [2.75, 3.05) is 0 Å². The number of thiazole rings is 1. The number of fused-ring (bicyclic) bond motifs is 1. The van der Waals surface area contributed by atoms with E-state index in [0.29, 0.717) is 6.42 Å². The van der Waals surface area contributed by atoms with E-state index >= 15 is 0 Å². The number of aryl methyl sites for hydroxylation is 1. The summed E-state index contributed by atoms with van der Waals surface area (Å²) in [6.45, 7) is 0. The largest absolute Gasteiger partial charge is 0.361 e. The Hall–Kier alpha value is -1.94. The first-order valence-electron chi connectivity index (χ1n) is 5.82. The fourth-order valence-corrected chi connectivity index (χ4v) is 2.80. The maximum absolute atomic E-state index is 10.3. The van der Waals surface area contributed by atoms with Crippen LogP contribution in [-0.4, -0.2) is 16.3 Å². The average Bonchev–Trinajstić information content (AvgIpc) is 3.04. The number of nitrogens with zero attached hydrogens (tertiary/aromatic N) is 1. The predicted octanol–water partition coefficient (Wildman–Crippen LogP) is 3.42. The molecular weight excluding hydrogens is 244 g/mol. The summed E-state index contributed by atoms with van der Waals surface area (Å²) in [4.78, 5) is 18.1. The standard InChI is InChI=1S/C14H12N2OS/c17-7-1-2-12-9-18-14(16-12)11-3-4-13-10(8-11)5-6-15-13/h3-9,15H,1-2H2. The topological polar surface area (TPSA) is 45.8 Å². The first-order valence-corrected chi connectivity index (χ1v) is 6.70. The second kappa shape index (κ2) is 4.74. The molecule has 18 heavy (non-hydrogen) atoms. The van der Waals surface area contributed by atoms with Gasteiger partial charge < -0.3 is 9.78 Å². The van der Waals surface area contributed by atoms with Crippen LogP contribution in [-0.2, 0) is 11.2 Å². The molecule has 4 heteroatoms. The second-order valence-electron chi connectivity index (χ2n) is 4.13. The molecule has 0 aliphatic carbocycles. The monoisotopic (exact) mass is 256 g/mol. The Bertz CT molecular complexity index is 684. The Kier molecular flexibility index (Phi) is 2.94. The van der Waals surface area contributed by atoms with E-state index in [1.54, 1.807) is 11.3 Å². The van der Waals surface area contributed by atoms with Gasteiger partial charge in [-0.1, -0.05) is 0 Å². The maximum atomic E-state index is 10.3. The average molecular weight is 256 g/mol. The fourth-order valence-electron chi connectivity index (χ4n) is 1.95. The molecule has 0 saturated heterocycles. The number of carbonyl (C=O) groups excluding carboxylic acids is 1. The number of hydrogen-bond acceptors (Lipinski definition) is 3. The maximum Gasteiger partial charge on any atom is 0.123 e. The van der Waals surface area contributed by atoms with Crippen molar-refractivity contribution in [3.63, 3.8) is 0 Å². The lowest BCUT2D eigenvalue weighted by atomic mass is 10.1. The highest BCUT2D eigenvalue weighted by Gasteiger charge is 2.05. The number of H-pyrrole nitrogens is 1. The van der Waals surface area contributed by atoms with Gasteiger partial charge in [0.25, 0.3) is 0 Å². The molecule has 2 heterocycles. The van der Waals surface area contributed by atoms with Crippen LogP contribution in [0.3, 0.4) is 0 Å². The fraction of sp³-hybridized carbons (Fsp3) is 0.143. The minimum atomic E-state index is 0.542. The second-order valence-corrected chi connectivity index (χ2v) is 4.99. The van der Waals surface area contributed by atoms with Gasteiger partial charge in [0.1, 0.15) is 11.3 Å². The summed E-state index contributed by atoms with van der Waals surface area (Å²) in [6.07, 6.45) is 4.14. The quantitative estimate of drug-likeness (QED) is 0.727. The van der Waals surface area contributed by atoms with Crippen LogP contribution in [0.2, 0.25) is 0 Å². The van der Waals surface area contributed by atoms with Crippen molar-refractivity contribution in [1.82, 2.24) is 9.97 Å². The third kappa shape index (κ3) is 2.07. The molecule has 1 aromatic carbocycles. The first-order chi connectivity index (χ1) is 8.86. The summed E-state index contributed by atoms with van der Waals surface area (Å²) in [5.74, 6) is 0. The van der Waals surface area contributed by atoms with Crippen LogP contribution in [0.5, 0.6) is 0 Å². The zero-order valence-electron chi connectivity index (χ0n) is 9.72. The zero-order chi connectivity index (χ0) is 12.4. The van der Waals surface area contributed by atoms with Gasteiger partial charge >= 0.3 is 0 Å². The lowest BCUT2D eigenvalue weighted by Crippen LogP contribution is -1.86. The molecule has 90 valence electrons. The molecule has 1 N–H and O–H groups in total. The molecule has 3 nitrogen and oxygen atoms in total. The Morgan fingerprint density at radius 3 is 3.17 bits per heavy atom. The van der Waals surface area contributed by atoms with Gasteiger partial charge in [-0.25, -0.2) is 4.98 Å². The Morgan fingerprint density at radius 2 is 2.28 bits per heavy atom. The van der Waals surface area contributed by atoms with Gasteiger partial charge in [-0.3, -0.25) is 0 Å². The zero-order valence-corrected chi connectivity index (χ0v) is 10.5. The van der Waals surface area contributed by atoms with Crippen molar-refractivity contribution < 1.29 is 4.79 Å². The number of aromatic nitrogens is 2. The minimum Gasteiger partial charge on any atom is -0.361 e. The highest BCUT2D eigenvalue weighted by atomic mass is 32.1. The molecule has 0 aliphatic rings. The van der Waals surface area contributed by atoms with Gasteiger partial charge in [0.2, 0.25) is 0 Å². The van der Waals surface area contributed by atoms with E-state index in [4.69, 9.17) is 0 Å². The molecular formula is C14H12N2OS. The summed E-state index contributed by atoms with van der Waals surface area (Å²) in [7, 11) is 0. The van der Waals surface area contributed by atoms with E-state index in [2.05, 4.69) is 34.2 Å². The van der Waals surface area contributed by atoms with Crippen molar-refractivity contribution in [1.29, 1.82) is 0 Å². The molecule has 3 rings (SSSR count). The van der Waals surface area contributed by atoms with Crippen molar-refractivity contribution >= 4 is 28.5 Å². The number of nitrogens with one attached hydrogen (secondary N) is 1. The predicted molar refractivity (Wildman–Crippen MR) is 73.8 cm³/mol. The van der Waals surface area contributed by atoms with Crippen molar-refractivity contribution in [3.8, 4) is 10.6 Å². The molecule has 0 saturated carbocycles. The third-order valence-electron chi connectivity index (χ3n) is 2.87. The van der Waals surface area contributed by atoms with Gasteiger partial charge in [-0.05, 0) is 30.7 Å². The molecule has 0 bridgehead atoms. The number of hydrogen-bond donors (Lipinski definition) is 1. The third-order valence-corrected chi connectivity index (χ3v) is 3.81. The van der Waals surface area contributed by atoms with Gasteiger partial charge in [0.15, 0.2) is 0 Å². The number of carbonyl (C=O) groups is 1. The molecule has 0 unspecified atom stereocenters. The summed E-state index contributed by atoms with van der Waals surface area (Å²) < 4.78 is 0. The van der Waals surface area contributed by atoms with E-state index in [1.807, 2.05) is 11.6 Å². The van der Waals surface area contributed by atoms with Gasteiger partial charge in [0.05, 0.1) is 5.69 Å². The van der Waals surface area contributed by atoms with Crippen LogP contribution < -0.4 is 0 Å². The van der Waals surface area contributed by atoms with Crippen molar-refractivity contribution in [2.45, 2.75) is 12.8 Å². The molecule has 0 aliphatic heterocycles. The molecule has 0 atom stereocenters. The summed E-state index contributed by atoms with van der Waals surface area (Å²) in [6, 6.07) is 8.33. The van der Waals surface area contributed by atoms with Gasteiger partial charge in [-0.2, -0.15) is 0 Å². The number of rotatable bonds is 4. The van der Waals surface area contributed by atoms with Crippen molar-refractivity contribution in [3.05, 3.63) is 41.5 Å². The Balaban J connectivity index is 1.92. The molecule has 0 radical (unpaired) electrons. The molecule has 0 spiro atoms. The highest BCUT2D eigenvalue weighted by Crippen LogP contribution is 2.27. The van der Waals surface area contributed by atoms with Crippen LogP contribution in [0.1, 0.15) is 12.1 Å². The van der Waals surface area contributed by atoms with Crippen LogP contribution in [0.25, 0.3) is 21.5 Å². The molecule has 2 aromatic heterocycles. The summed E-state index contributed by atoms with van der Waals surface area (Å²) in [5.41, 5.74) is 3.26. The summed E-state index contributed by atoms with van der Waals surface area (Å²) >= 11 is 1.63. The minimum absolute atomic E-state index is 0.542. The SMILES string of the molecule is O=CCCc1csc(-c2ccc3[nH]ccc3c2)n1. The van der Waals surface area contributed by atoms with Gasteiger partial charge in [0, 0.05) is 34.5 Å². The van der Waals surface area contributed by atoms with E-state index in [1.165, 1.54) is 5.39 Å². The molecule has 0 fully saturated rings. The van der Waals surface area contributed by atoms with Crippen LogP contribution in [0.15, 0.2) is 35.8 Å². The molecule has 0 amide bonds. The number of aldehydes is 1. The summed E-state index contributed by atoms with van der Waals surface area (Å²) in [5, 5.41) is 4.23. The van der Waals surface area contributed by atoms with Crippen molar-refractivity contribution in [2.24, 2.45) is 0 Å². The van der Waals surface area contributed by atoms with Gasteiger partial charge in [-0.15, -0.1) is 11.3 Å². The smallest absolute Gasteiger partial charge is 0.123 e. The lowest BCUT2D eigenvalue weighted by Gasteiger charge is -1.96. The first kappa shape index (κ1) is 11.2. The van der Waals surface area contributed by atoms with E-state index < -0.39 is 0 Å². The Labute approximate surface area is 108 Å². The van der Waals surface area contributed by atoms with E-state index in [0.717, 1.165) is 34.5 Å². The van der Waals surface area contributed by atoms with Crippen LogP contribution in [0, 0.1) is 0 Å². The molecule has 3 aromatic rings.